The van der Waals surface area contributed by atoms with E-state index >= 15 is 0 Å². The van der Waals surface area contributed by atoms with Gasteiger partial charge in [-0.3, -0.25) is 0 Å². The summed E-state index contributed by atoms with van der Waals surface area (Å²) in [6.45, 7) is 6.64. The third-order valence-corrected chi connectivity index (χ3v) is 4.22. The van der Waals surface area contributed by atoms with E-state index in [0.717, 1.165) is 27.7 Å². The minimum absolute atomic E-state index is 0.108. The summed E-state index contributed by atoms with van der Waals surface area (Å²) in [6.07, 6.45) is 0. The molecule has 0 radical (unpaired) electrons. The number of benzene rings is 2. The summed E-state index contributed by atoms with van der Waals surface area (Å²) in [7, 11) is 0. The Balaban J connectivity index is 1.87. The lowest BCUT2D eigenvalue weighted by Gasteiger charge is -2.19. The smallest absolute Gasteiger partial charge is 0.329 e. The molecule has 0 aliphatic carbocycles. The van der Waals surface area contributed by atoms with Gasteiger partial charge < -0.3 is 14.8 Å². The summed E-state index contributed by atoms with van der Waals surface area (Å²) in [4.78, 5) is 14.0. The minimum atomic E-state index is -0.955. The predicted octanol–water partition coefficient (Wildman–Crippen LogP) is 4.73. The Bertz CT molecular complexity index is 903. The molecule has 25 heavy (non-hydrogen) atoms. The lowest BCUT2D eigenvalue weighted by Crippen LogP contribution is -2.10. The van der Waals surface area contributed by atoms with E-state index in [1.165, 1.54) is 5.56 Å². The molecule has 4 heteroatoms. The van der Waals surface area contributed by atoms with Gasteiger partial charge in [0, 0.05) is 16.6 Å². The van der Waals surface area contributed by atoms with Crippen LogP contribution in [0.1, 0.15) is 31.9 Å². The number of rotatable bonds is 5. The summed E-state index contributed by atoms with van der Waals surface area (Å²) in [6, 6.07) is 16.7. The van der Waals surface area contributed by atoms with Gasteiger partial charge in [0.2, 0.25) is 0 Å². The Morgan fingerprint density at radius 3 is 2.64 bits per heavy atom. The van der Waals surface area contributed by atoms with Crippen molar-refractivity contribution in [3.63, 3.8) is 0 Å². The van der Waals surface area contributed by atoms with E-state index < -0.39 is 5.97 Å². The molecule has 0 saturated carbocycles. The normalized spacial score (nSPS) is 11.8. The number of nitrogens with one attached hydrogen (secondary N) is 1. The van der Waals surface area contributed by atoms with Crippen LogP contribution in [-0.4, -0.2) is 22.7 Å². The maximum absolute atomic E-state index is 10.5. The number of aliphatic carboxylic acids is 1. The van der Waals surface area contributed by atoms with Crippen LogP contribution in [0.25, 0.3) is 22.2 Å². The molecule has 1 aromatic heterocycles. The second kappa shape index (κ2) is 6.73. The summed E-state index contributed by atoms with van der Waals surface area (Å²) in [5.41, 5.74) is 5.65. The van der Waals surface area contributed by atoms with Gasteiger partial charge in [0.15, 0.2) is 0 Å². The van der Waals surface area contributed by atoms with Crippen molar-refractivity contribution in [3.8, 4) is 11.3 Å². The standard InChI is InChI=1S/C21H23NO3/c1-21(2,3)17-6-4-5-15(10-17)19-11-16-9-14(7-8-18(16)22-19)12-25-13-20(23)24/h4-11,22H,12-13H2,1-3H3,(H,23,24). The van der Waals surface area contributed by atoms with Gasteiger partial charge in [-0.2, -0.15) is 0 Å². The zero-order valence-corrected chi connectivity index (χ0v) is 14.8. The largest absolute Gasteiger partial charge is 0.480 e. The molecule has 0 aliphatic rings. The fourth-order valence-corrected chi connectivity index (χ4v) is 2.84. The van der Waals surface area contributed by atoms with Crippen molar-refractivity contribution in [2.24, 2.45) is 0 Å². The summed E-state index contributed by atoms with van der Waals surface area (Å²) < 4.78 is 5.16. The monoisotopic (exact) mass is 337 g/mol. The van der Waals surface area contributed by atoms with Crippen LogP contribution in [0, 0.1) is 0 Å². The van der Waals surface area contributed by atoms with Crippen LogP contribution in [0.2, 0.25) is 0 Å². The first-order valence-electron chi connectivity index (χ1n) is 8.35. The zero-order chi connectivity index (χ0) is 18.0. The van der Waals surface area contributed by atoms with Gasteiger partial charge in [-0.05, 0) is 46.4 Å². The highest BCUT2D eigenvalue weighted by Gasteiger charge is 2.14. The van der Waals surface area contributed by atoms with Crippen LogP contribution in [-0.2, 0) is 21.6 Å². The molecule has 0 unspecified atom stereocenters. The number of carboxylic acids is 1. The van der Waals surface area contributed by atoms with Crippen molar-refractivity contribution in [2.75, 3.05) is 6.61 Å². The number of H-pyrrole nitrogens is 1. The summed E-state index contributed by atoms with van der Waals surface area (Å²) in [5, 5.41) is 9.73. The van der Waals surface area contributed by atoms with Crippen molar-refractivity contribution in [2.45, 2.75) is 32.8 Å². The first-order valence-corrected chi connectivity index (χ1v) is 8.35. The van der Waals surface area contributed by atoms with E-state index in [-0.39, 0.29) is 12.0 Å². The van der Waals surface area contributed by atoms with Crippen LogP contribution < -0.4 is 0 Å². The highest BCUT2D eigenvalue weighted by atomic mass is 16.5. The molecule has 0 aliphatic heterocycles. The molecular weight excluding hydrogens is 314 g/mol. The van der Waals surface area contributed by atoms with Gasteiger partial charge in [-0.15, -0.1) is 0 Å². The highest BCUT2D eigenvalue weighted by Crippen LogP contribution is 2.29. The maximum atomic E-state index is 10.5. The molecule has 4 nitrogen and oxygen atoms in total. The number of ether oxygens (including phenoxy) is 1. The van der Waals surface area contributed by atoms with Crippen molar-refractivity contribution in [1.82, 2.24) is 4.98 Å². The van der Waals surface area contributed by atoms with Gasteiger partial charge in [-0.1, -0.05) is 45.0 Å². The van der Waals surface area contributed by atoms with Gasteiger partial charge in [0.05, 0.1) is 6.61 Å². The summed E-state index contributed by atoms with van der Waals surface area (Å²) >= 11 is 0. The minimum Gasteiger partial charge on any atom is -0.480 e. The molecule has 130 valence electrons. The fraction of sp³-hybridized carbons (Fsp3) is 0.286. The van der Waals surface area contributed by atoms with E-state index in [2.05, 4.69) is 56.1 Å². The molecule has 2 N–H and O–H groups in total. The van der Waals surface area contributed by atoms with E-state index in [1.807, 2.05) is 18.2 Å². The predicted molar refractivity (Wildman–Crippen MR) is 99.7 cm³/mol. The van der Waals surface area contributed by atoms with Gasteiger partial charge in [-0.25, -0.2) is 4.79 Å². The molecule has 3 aromatic rings. The molecule has 2 aromatic carbocycles. The number of aromatic amines is 1. The number of aromatic nitrogens is 1. The van der Waals surface area contributed by atoms with E-state index in [0.29, 0.717) is 6.61 Å². The van der Waals surface area contributed by atoms with Crippen LogP contribution in [0.4, 0.5) is 0 Å². The second-order valence-corrected chi connectivity index (χ2v) is 7.32. The number of carbonyl (C=O) groups is 1. The lowest BCUT2D eigenvalue weighted by atomic mass is 9.86. The Morgan fingerprint density at radius 2 is 1.92 bits per heavy atom. The molecule has 0 bridgehead atoms. The fourth-order valence-electron chi connectivity index (χ4n) is 2.84. The molecular formula is C21H23NO3. The maximum Gasteiger partial charge on any atom is 0.329 e. The van der Waals surface area contributed by atoms with Gasteiger partial charge >= 0.3 is 5.97 Å². The third-order valence-electron chi connectivity index (χ3n) is 4.22. The van der Waals surface area contributed by atoms with Crippen LogP contribution >= 0.6 is 0 Å². The number of carboxylic acid groups (broad SMARTS) is 1. The van der Waals surface area contributed by atoms with E-state index in [9.17, 15) is 4.79 Å². The second-order valence-electron chi connectivity index (χ2n) is 7.32. The first kappa shape index (κ1) is 17.2. The van der Waals surface area contributed by atoms with E-state index in [4.69, 9.17) is 9.84 Å². The van der Waals surface area contributed by atoms with Gasteiger partial charge in [0.1, 0.15) is 6.61 Å². The quantitative estimate of drug-likeness (QED) is 0.707. The third kappa shape index (κ3) is 4.09. The number of fused-ring (bicyclic) bond motifs is 1. The van der Waals surface area contributed by atoms with Crippen LogP contribution in [0.5, 0.6) is 0 Å². The molecule has 3 rings (SSSR count). The number of hydrogen-bond acceptors (Lipinski definition) is 2. The molecule has 0 atom stereocenters. The average molecular weight is 337 g/mol. The molecule has 0 fully saturated rings. The molecule has 0 spiro atoms. The molecule has 1 heterocycles. The Hall–Kier alpha value is -2.59. The lowest BCUT2D eigenvalue weighted by molar-refractivity contribution is -0.142. The van der Waals surface area contributed by atoms with Crippen LogP contribution in [0.15, 0.2) is 48.5 Å². The van der Waals surface area contributed by atoms with Gasteiger partial charge in [0.25, 0.3) is 0 Å². The topological polar surface area (TPSA) is 62.3 Å². The average Bonchev–Trinajstić information content (AvgIpc) is 2.97. The first-order chi connectivity index (χ1) is 11.8. The summed E-state index contributed by atoms with van der Waals surface area (Å²) in [5.74, 6) is -0.955. The van der Waals surface area contributed by atoms with Crippen molar-refractivity contribution in [3.05, 3.63) is 59.7 Å². The zero-order valence-electron chi connectivity index (χ0n) is 14.8. The molecule has 0 amide bonds. The SMILES string of the molecule is CC(C)(C)c1cccc(-c2cc3cc(COCC(=O)O)ccc3[nH]2)c1. The van der Waals surface area contributed by atoms with Crippen molar-refractivity contribution < 1.29 is 14.6 Å². The van der Waals surface area contributed by atoms with E-state index in [1.54, 1.807) is 0 Å². The molecule has 0 saturated heterocycles. The van der Waals surface area contributed by atoms with Crippen LogP contribution in [0.3, 0.4) is 0 Å². The Labute approximate surface area is 147 Å². The number of hydrogen-bond donors (Lipinski definition) is 2. The Morgan fingerprint density at radius 1 is 1.12 bits per heavy atom. The Kier molecular flexibility index (Phi) is 4.64. The van der Waals surface area contributed by atoms with Crippen molar-refractivity contribution in [1.29, 1.82) is 0 Å². The highest BCUT2D eigenvalue weighted by molar-refractivity contribution is 5.86. The van der Waals surface area contributed by atoms with Crippen molar-refractivity contribution >= 4 is 16.9 Å².